The third-order valence-corrected chi connectivity index (χ3v) is 4.85. The highest BCUT2D eigenvalue weighted by Gasteiger charge is 2.08. The smallest absolute Gasteiger partial charge is 0.127 e. The molecule has 1 N–H and O–H groups in total. The van der Waals surface area contributed by atoms with Gasteiger partial charge in [0.1, 0.15) is 11.5 Å². The van der Waals surface area contributed by atoms with E-state index in [2.05, 4.69) is 76.3 Å². The number of ether oxygens (including phenoxy) is 2. The van der Waals surface area contributed by atoms with E-state index >= 15 is 0 Å². The van der Waals surface area contributed by atoms with Crippen molar-refractivity contribution in [2.24, 2.45) is 11.8 Å². The highest BCUT2D eigenvalue weighted by molar-refractivity contribution is 5.41. The van der Waals surface area contributed by atoms with Crippen molar-refractivity contribution >= 4 is 0 Å². The van der Waals surface area contributed by atoms with Gasteiger partial charge in [-0.05, 0) is 48.8 Å². The molecular formula is C25H37NO2. The van der Waals surface area contributed by atoms with E-state index in [4.69, 9.17) is 9.47 Å². The average Bonchev–Trinajstić information content (AvgIpc) is 2.64. The summed E-state index contributed by atoms with van der Waals surface area (Å²) in [4.78, 5) is 0. The molecule has 0 saturated carbocycles. The zero-order chi connectivity index (χ0) is 20.4. The first kappa shape index (κ1) is 22.3. The van der Waals surface area contributed by atoms with E-state index in [9.17, 15) is 0 Å². The van der Waals surface area contributed by atoms with Gasteiger partial charge in [0.15, 0.2) is 0 Å². The van der Waals surface area contributed by atoms with Crippen LogP contribution in [0.25, 0.3) is 0 Å². The minimum Gasteiger partial charge on any atom is -0.493 e. The lowest BCUT2D eigenvalue weighted by Gasteiger charge is -2.16. The lowest BCUT2D eigenvalue weighted by atomic mass is 10.1. The summed E-state index contributed by atoms with van der Waals surface area (Å²) >= 11 is 0. The quantitative estimate of drug-likeness (QED) is 0.478. The molecule has 2 rings (SSSR count). The number of rotatable bonds is 12. The van der Waals surface area contributed by atoms with Gasteiger partial charge in [0.05, 0.1) is 13.2 Å². The Bertz CT molecular complexity index is 709. The Kier molecular flexibility index (Phi) is 9.36. The first-order valence-electron chi connectivity index (χ1n) is 10.6. The lowest BCUT2D eigenvalue weighted by molar-refractivity contribution is 0.274. The summed E-state index contributed by atoms with van der Waals surface area (Å²) in [7, 11) is 0. The highest BCUT2D eigenvalue weighted by atomic mass is 16.5. The van der Waals surface area contributed by atoms with Gasteiger partial charge in [-0.3, -0.25) is 0 Å². The molecule has 0 heterocycles. The van der Waals surface area contributed by atoms with E-state index < -0.39 is 0 Å². The predicted octanol–water partition coefficient (Wildman–Crippen LogP) is 6.13. The second-order valence-corrected chi connectivity index (χ2v) is 8.36. The molecule has 2 aromatic rings. The predicted molar refractivity (Wildman–Crippen MR) is 118 cm³/mol. The third-order valence-electron chi connectivity index (χ3n) is 4.85. The maximum absolute atomic E-state index is 6.12. The van der Waals surface area contributed by atoms with Gasteiger partial charge in [0, 0.05) is 24.7 Å². The molecule has 28 heavy (non-hydrogen) atoms. The maximum atomic E-state index is 6.12. The van der Waals surface area contributed by atoms with Gasteiger partial charge in [0.25, 0.3) is 0 Å². The van der Waals surface area contributed by atoms with Gasteiger partial charge in [-0.1, -0.05) is 58.0 Å². The Morgan fingerprint density at radius 2 is 1.43 bits per heavy atom. The van der Waals surface area contributed by atoms with Gasteiger partial charge in [-0.15, -0.1) is 0 Å². The van der Waals surface area contributed by atoms with Crippen molar-refractivity contribution in [3.05, 3.63) is 59.2 Å². The molecule has 0 atom stereocenters. The molecule has 0 radical (unpaired) electrons. The molecule has 0 saturated heterocycles. The Hall–Kier alpha value is -2.00. The molecule has 0 aliphatic carbocycles. The fraction of sp³-hybridized carbons (Fsp3) is 0.520. The van der Waals surface area contributed by atoms with Crippen molar-refractivity contribution in [2.75, 3.05) is 13.2 Å². The van der Waals surface area contributed by atoms with Gasteiger partial charge in [0.2, 0.25) is 0 Å². The Morgan fingerprint density at radius 1 is 0.786 bits per heavy atom. The number of aryl methyl sites for hydroxylation is 1. The van der Waals surface area contributed by atoms with Crippen LogP contribution in [0.5, 0.6) is 11.5 Å². The average molecular weight is 384 g/mol. The van der Waals surface area contributed by atoms with Crippen LogP contribution in [0.15, 0.2) is 42.5 Å². The second-order valence-electron chi connectivity index (χ2n) is 8.36. The molecule has 3 heteroatoms. The van der Waals surface area contributed by atoms with Gasteiger partial charge in [-0.2, -0.15) is 0 Å². The van der Waals surface area contributed by atoms with Gasteiger partial charge >= 0.3 is 0 Å². The number of nitrogens with one attached hydrogen (secondary N) is 1. The molecule has 0 aromatic heterocycles. The molecule has 0 spiro atoms. The minimum absolute atomic E-state index is 0.633. The van der Waals surface area contributed by atoms with Crippen molar-refractivity contribution in [2.45, 2.75) is 60.5 Å². The molecule has 0 aliphatic rings. The van der Waals surface area contributed by atoms with Crippen LogP contribution in [0, 0.1) is 18.8 Å². The summed E-state index contributed by atoms with van der Waals surface area (Å²) in [6.07, 6.45) is 2.11. The molecular weight excluding hydrogens is 346 g/mol. The van der Waals surface area contributed by atoms with E-state index in [0.717, 1.165) is 50.6 Å². The zero-order valence-electron chi connectivity index (χ0n) is 18.3. The standard InChI is InChI=1S/C25H37NO2/c1-19(2)12-14-27-24-11-10-23(25(16-24)28-15-13-20(3)4)18-26-17-22-9-7-6-8-21(22)5/h6-11,16,19-20,26H,12-15,17-18H2,1-5H3. The summed E-state index contributed by atoms with van der Waals surface area (Å²) in [6, 6.07) is 14.7. The van der Waals surface area contributed by atoms with E-state index in [1.165, 1.54) is 16.7 Å². The first-order chi connectivity index (χ1) is 13.5. The SMILES string of the molecule is Cc1ccccc1CNCc1ccc(OCCC(C)C)cc1OCCC(C)C. The number of hydrogen-bond acceptors (Lipinski definition) is 3. The van der Waals surface area contributed by atoms with Crippen LogP contribution in [0.4, 0.5) is 0 Å². The Morgan fingerprint density at radius 3 is 2.11 bits per heavy atom. The van der Waals surface area contributed by atoms with Crippen LogP contribution < -0.4 is 14.8 Å². The largest absolute Gasteiger partial charge is 0.493 e. The third kappa shape index (κ3) is 7.93. The van der Waals surface area contributed by atoms with Crippen LogP contribution in [0.3, 0.4) is 0 Å². The second kappa shape index (κ2) is 11.8. The molecule has 0 unspecified atom stereocenters. The summed E-state index contributed by atoms with van der Waals surface area (Å²) in [5.41, 5.74) is 3.82. The van der Waals surface area contributed by atoms with Crippen molar-refractivity contribution < 1.29 is 9.47 Å². The number of benzene rings is 2. The van der Waals surface area contributed by atoms with Crippen LogP contribution >= 0.6 is 0 Å². The summed E-state index contributed by atoms with van der Waals surface area (Å²) in [5, 5.41) is 3.56. The van der Waals surface area contributed by atoms with Gasteiger partial charge < -0.3 is 14.8 Å². The van der Waals surface area contributed by atoms with Crippen LogP contribution in [0.2, 0.25) is 0 Å². The van der Waals surface area contributed by atoms with Crippen molar-refractivity contribution in [3.63, 3.8) is 0 Å². The molecule has 3 nitrogen and oxygen atoms in total. The van der Waals surface area contributed by atoms with Crippen LogP contribution in [0.1, 0.15) is 57.2 Å². The monoisotopic (exact) mass is 383 g/mol. The summed E-state index contributed by atoms with van der Waals surface area (Å²) in [5.74, 6) is 3.10. The van der Waals surface area contributed by atoms with Crippen LogP contribution in [-0.2, 0) is 13.1 Å². The topological polar surface area (TPSA) is 30.5 Å². The molecule has 0 amide bonds. The molecule has 0 bridgehead atoms. The molecule has 0 fully saturated rings. The van der Waals surface area contributed by atoms with E-state index in [1.54, 1.807) is 0 Å². The Labute approximate surface area is 171 Å². The molecule has 154 valence electrons. The zero-order valence-corrected chi connectivity index (χ0v) is 18.3. The van der Waals surface area contributed by atoms with Crippen molar-refractivity contribution in [1.29, 1.82) is 0 Å². The van der Waals surface area contributed by atoms with Crippen molar-refractivity contribution in [1.82, 2.24) is 5.32 Å². The maximum Gasteiger partial charge on any atom is 0.127 e. The van der Waals surface area contributed by atoms with Crippen molar-refractivity contribution in [3.8, 4) is 11.5 Å². The fourth-order valence-corrected chi connectivity index (χ4v) is 2.86. The summed E-state index contributed by atoms with van der Waals surface area (Å²) < 4.78 is 12.1. The van der Waals surface area contributed by atoms with E-state index in [1.807, 2.05) is 6.07 Å². The molecule has 2 aromatic carbocycles. The van der Waals surface area contributed by atoms with E-state index in [-0.39, 0.29) is 0 Å². The first-order valence-corrected chi connectivity index (χ1v) is 10.6. The Balaban J connectivity index is 1.99. The normalized spacial score (nSPS) is 11.2. The molecule has 0 aliphatic heterocycles. The highest BCUT2D eigenvalue weighted by Crippen LogP contribution is 2.26. The van der Waals surface area contributed by atoms with Crippen LogP contribution in [-0.4, -0.2) is 13.2 Å². The van der Waals surface area contributed by atoms with E-state index in [0.29, 0.717) is 11.8 Å². The lowest BCUT2D eigenvalue weighted by Crippen LogP contribution is -2.15. The number of hydrogen-bond donors (Lipinski definition) is 1. The minimum atomic E-state index is 0.633. The summed E-state index contributed by atoms with van der Waals surface area (Å²) in [6.45, 7) is 14.1. The fourth-order valence-electron chi connectivity index (χ4n) is 2.86. The van der Waals surface area contributed by atoms with Gasteiger partial charge in [-0.25, -0.2) is 0 Å².